The van der Waals surface area contributed by atoms with Crippen LogP contribution in [0.1, 0.15) is 37.6 Å². The molecule has 2 heterocycles. The second kappa shape index (κ2) is 5.59. The Hall–Kier alpha value is -1.11. The van der Waals surface area contributed by atoms with E-state index in [2.05, 4.69) is 0 Å². The highest BCUT2D eigenvalue weighted by atomic mass is 32.1. The summed E-state index contributed by atoms with van der Waals surface area (Å²) in [5.74, 6) is 0. The van der Waals surface area contributed by atoms with Crippen molar-refractivity contribution in [3.05, 3.63) is 21.9 Å². The number of likely N-dealkylation sites (tertiary alicyclic amines) is 1. The van der Waals surface area contributed by atoms with Gasteiger partial charge in [-0.05, 0) is 44.7 Å². The summed E-state index contributed by atoms with van der Waals surface area (Å²) in [7, 11) is 0. The number of carbonyl (C=O) groups is 1. The SMILES string of the molecule is Cc1csc([C@@]2(O)CCN(C(=O)OC(C)(C)C)C[C@@H]2O)c1. The maximum Gasteiger partial charge on any atom is 0.410 e. The third-order valence-electron chi connectivity index (χ3n) is 3.52. The summed E-state index contributed by atoms with van der Waals surface area (Å²) < 4.78 is 5.30. The van der Waals surface area contributed by atoms with Gasteiger partial charge in [-0.25, -0.2) is 4.79 Å². The molecule has 1 aliphatic rings. The highest BCUT2D eigenvalue weighted by molar-refractivity contribution is 7.10. The zero-order chi connectivity index (χ0) is 15.8. The van der Waals surface area contributed by atoms with Gasteiger partial charge in [0, 0.05) is 17.8 Å². The van der Waals surface area contributed by atoms with Crippen LogP contribution in [0.15, 0.2) is 11.4 Å². The van der Waals surface area contributed by atoms with Crippen LogP contribution in [0.4, 0.5) is 4.79 Å². The van der Waals surface area contributed by atoms with Crippen molar-refractivity contribution in [3.63, 3.8) is 0 Å². The lowest BCUT2D eigenvalue weighted by Crippen LogP contribution is -2.55. The summed E-state index contributed by atoms with van der Waals surface area (Å²) in [4.78, 5) is 14.2. The third kappa shape index (κ3) is 3.56. The van der Waals surface area contributed by atoms with Gasteiger partial charge in [-0.3, -0.25) is 0 Å². The van der Waals surface area contributed by atoms with Crippen molar-refractivity contribution in [2.24, 2.45) is 0 Å². The molecule has 118 valence electrons. The standard InChI is InChI=1S/C15H23NO4S/c1-10-7-12(21-9-10)15(19)5-6-16(8-11(15)17)13(18)20-14(2,3)4/h7,9,11,17,19H,5-6,8H2,1-4H3/t11-,15+/m0/s1. The monoisotopic (exact) mass is 313 g/mol. The number of hydrogen-bond acceptors (Lipinski definition) is 5. The first-order chi connectivity index (χ1) is 9.62. The van der Waals surface area contributed by atoms with E-state index in [0.29, 0.717) is 13.0 Å². The number of carbonyl (C=O) groups excluding carboxylic acids is 1. The normalized spacial score (nSPS) is 26.8. The Kier molecular flexibility index (Phi) is 4.33. The van der Waals surface area contributed by atoms with Crippen LogP contribution in [-0.2, 0) is 10.3 Å². The molecule has 1 fully saturated rings. The van der Waals surface area contributed by atoms with Crippen molar-refractivity contribution in [1.29, 1.82) is 0 Å². The smallest absolute Gasteiger partial charge is 0.410 e. The zero-order valence-corrected chi connectivity index (χ0v) is 13.7. The van der Waals surface area contributed by atoms with E-state index in [0.717, 1.165) is 10.4 Å². The molecule has 1 amide bonds. The van der Waals surface area contributed by atoms with E-state index in [4.69, 9.17) is 4.74 Å². The number of rotatable bonds is 1. The molecule has 0 unspecified atom stereocenters. The Bertz CT molecular complexity index is 522. The Morgan fingerprint density at radius 3 is 2.67 bits per heavy atom. The molecule has 0 aromatic carbocycles. The number of nitrogens with zero attached hydrogens (tertiary/aromatic N) is 1. The second-order valence-corrected chi connectivity index (χ2v) is 7.52. The Morgan fingerprint density at radius 2 is 2.19 bits per heavy atom. The first-order valence-corrected chi connectivity index (χ1v) is 7.94. The average Bonchev–Trinajstić information content (AvgIpc) is 2.78. The highest BCUT2D eigenvalue weighted by Gasteiger charge is 2.44. The topological polar surface area (TPSA) is 70.0 Å². The molecule has 1 saturated heterocycles. The van der Waals surface area contributed by atoms with E-state index < -0.39 is 23.4 Å². The van der Waals surface area contributed by atoms with Crippen LogP contribution in [0.5, 0.6) is 0 Å². The summed E-state index contributed by atoms with van der Waals surface area (Å²) in [6.45, 7) is 7.79. The molecule has 2 N–H and O–H groups in total. The van der Waals surface area contributed by atoms with E-state index in [9.17, 15) is 15.0 Å². The van der Waals surface area contributed by atoms with Crippen molar-refractivity contribution < 1.29 is 19.7 Å². The number of β-amino-alcohol motifs (C(OH)–C–C–N with tert-alkyl or cyclic N) is 1. The summed E-state index contributed by atoms with van der Waals surface area (Å²) in [6.07, 6.45) is -1.17. The molecule has 0 radical (unpaired) electrons. The fourth-order valence-electron chi connectivity index (χ4n) is 2.36. The van der Waals surface area contributed by atoms with Crippen molar-refractivity contribution in [3.8, 4) is 0 Å². The number of piperidine rings is 1. The maximum atomic E-state index is 12.0. The molecule has 21 heavy (non-hydrogen) atoms. The van der Waals surface area contributed by atoms with Crippen LogP contribution in [0.25, 0.3) is 0 Å². The fraction of sp³-hybridized carbons (Fsp3) is 0.667. The number of ether oxygens (including phenoxy) is 1. The second-order valence-electron chi connectivity index (χ2n) is 6.60. The van der Waals surface area contributed by atoms with Gasteiger partial charge in [0.05, 0.1) is 6.54 Å². The van der Waals surface area contributed by atoms with Crippen molar-refractivity contribution in [2.75, 3.05) is 13.1 Å². The average molecular weight is 313 g/mol. The number of aliphatic hydroxyl groups is 2. The molecule has 1 aromatic heterocycles. The van der Waals surface area contributed by atoms with Crippen LogP contribution < -0.4 is 0 Å². The maximum absolute atomic E-state index is 12.0. The lowest BCUT2D eigenvalue weighted by molar-refractivity contribution is -0.121. The van der Waals surface area contributed by atoms with Gasteiger partial charge < -0.3 is 19.8 Å². The summed E-state index contributed by atoms with van der Waals surface area (Å²) in [5, 5.41) is 23.0. The summed E-state index contributed by atoms with van der Waals surface area (Å²) in [6, 6.07) is 1.89. The van der Waals surface area contributed by atoms with Gasteiger partial charge in [-0.1, -0.05) is 0 Å². The molecular formula is C15H23NO4S. The molecule has 6 heteroatoms. The predicted molar refractivity (Wildman–Crippen MR) is 81.4 cm³/mol. The Balaban J connectivity index is 2.07. The predicted octanol–water partition coefficient (Wildman–Crippen LogP) is 2.25. The van der Waals surface area contributed by atoms with Crippen LogP contribution in [0, 0.1) is 6.92 Å². The lowest BCUT2D eigenvalue weighted by atomic mass is 9.87. The van der Waals surface area contributed by atoms with Crippen molar-refractivity contribution in [1.82, 2.24) is 4.90 Å². The molecule has 2 atom stereocenters. The van der Waals surface area contributed by atoms with Gasteiger partial charge >= 0.3 is 6.09 Å². The van der Waals surface area contributed by atoms with Gasteiger partial charge in [0.1, 0.15) is 17.3 Å². The van der Waals surface area contributed by atoms with Gasteiger partial charge in [0.15, 0.2) is 0 Å². The molecule has 0 bridgehead atoms. The van der Waals surface area contributed by atoms with Gasteiger partial charge in [0.2, 0.25) is 0 Å². The zero-order valence-electron chi connectivity index (χ0n) is 12.9. The minimum atomic E-state index is -1.28. The van der Waals surface area contributed by atoms with Crippen LogP contribution in [-0.4, -0.2) is 46.0 Å². The van der Waals surface area contributed by atoms with Gasteiger partial charge in [-0.2, -0.15) is 0 Å². The number of hydrogen-bond donors (Lipinski definition) is 2. The van der Waals surface area contributed by atoms with E-state index in [1.165, 1.54) is 16.2 Å². The first kappa shape index (κ1) is 16.3. The quantitative estimate of drug-likeness (QED) is 0.834. The van der Waals surface area contributed by atoms with Crippen LogP contribution in [0.3, 0.4) is 0 Å². The third-order valence-corrected chi connectivity index (χ3v) is 4.73. The van der Waals surface area contributed by atoms with E-state index in [1.54, 1.807) is 20.8 Å². The Morgan fingerprint density at radius 1 is 1.52 bits per heavy atom. The summed E-state index contributed by atoms with van der Waals surface area (Å²) >= 11 is 1.43. The van der Waals surface area contributed by atoms with Gasteiger partial charge in [-0.15, -0.1) is 11.3 Å². The molecule has 0 saturated carbocycles. The van der Waals surface area contributed by atoms with E-state index in [-0.39, 0.29) is 6.54 Å². The molecule has 0 spiro atoms. The van der Waals surface area contributed by atoms with Gasteiger partial charge in [0.25, 0.3) is 0 Å². The summed E-state index contributed by atoms with van der Waals surface area (Å²) in [5.41, 5.74) is -0.789. The first-order valence-electron chi connectivity index (χ1n) is 7.06. The van der Waals surface area contributed by atoms with Crippen LogP contribution >= 0.6 is 11.3 Å². The minimum Gasteiger partial charge on any atom is -0.444 e. The van der Waals surface area contributed by atoms with Crippen LogP contribution in [0.2, 0.25) is 0 Å². The van der Waals surface area contributed by atoms with Crippen molar-refractivity contribution >= 4 is 17.4 Å². The fourth-order valence-corrected chi connectivity index (χ4v) is 3.44. The largest absolute Gasteiger partial charge is 0.444 e. The number of aliphatic hydroxyl groups excluding tert-OH is 1. The lowest BCUT2D eigenvalue weighted by Gasteiger charge is -2.41. The molecule has 5 nitrogen and oxygen atoms in total. The molecule has 2 rings (SSSR count). The number of thiophene rings is 1. The molecular weight excluding hydrogens is 290 g/mol. The van der Waals surface area contributed by atoms with Crippen molar-refractivity contribution in [2.45, 2.75) is 51.4 Å². The Labute approximate surface area is 129 Å². The number of aryl methyl sites for hydroxylation is 1. The highest BCUT2D eigenvalue weighted by Crippen LogP contribution is 2.37. The number of amides is 1. The molecule has 0 aliphatic carbocycles. The molecule has 1 aromatic rings. The van der Waals surface area contributed by atoms with E-state index >= 15 is 0 Å². The minimum absolute atomic E-state index is 0.0718. The van der Waals surface area contributed by atoms with E-state index in [1.807, 2.05) is 18.4 Å². The molecule has 1 aliphatic heterocycles.